The topological polar surface area (TPSA) is 70.2 Å². The molecule has 0 aromatic heterocycles. The number of anilines is 3. The van der Waals surface area contributed by atoms with Crippen LogP contribution < -0.4 is 16.0 Å². The summed E-state index contributed by atoms with van der Waals surface area (Å²) in [5, 5.41) is 8.43. The van der Waals surface area contributed by atoms with Crippen LogP contribution in [0, 0.1) is 5.82 Å². The van der Waals surface area contributed by atoms with Gasteiger partial charge in [-0.3, -0.25) is 9.59 Å². The predicted octanol–water partition coefficient (Wildman–Crippen LogP) is 3.61. The smallest absolute Gasteiger partial charge is 0.243 e. The summed E-state index contributed by atoms with van der Waals surface area (Å²) in [4.78, 5) is 23.4. The normalized spacial score (nSPS) is 10.1. The van der Waals surface area contributed by atoms with Crippen molar-refractivity contribution in [2.45, 2.75) is 19.8 Å². The summed E-state index contributed by atoms with van der Waals surface area (Å²) in [7, 11) is 0. The van der Waals surface area contributed by atoms with Gasteiger partial charge in [0.25, 0.3) is 0 Å². The number of benzene rings is 2. The van der Waals surface area contributed by atoms with E-state index in [1.54, 1.807) is 36.4 Å². The minimum atomic E-state index is -0.323. The first-order chi connectivity index (χ1) is 11.6. The lowest BCUT2D eigenvalue weighted by atomic mass is 10.2. The van der Waals surface area contributed by atoms with Crippen LogP contribution >= 0.6 is 0 Å². The summed E-state index contributed by atoms with van der Waals surface area (Å²) in [5.41, 5.74) is 1.99. The molecule has 126 valence electrons. The Balaban J connectivity index is 1.81. The lowest BCUT2D eigenvalue weighted by molar-refractivity contribution is -0.116. The Labute approximate surface area is 140 Å². The van der Waals surface area contributed by atoms with Crippen LogP contribution in [0.1, 0.15) is 19.8 Å². The van der Waals surface area contributed by atoms with Crippen molar-refractivity contribution in [1.82, 2.24) is 0 Å². The van der Waals surface area contributed by atoms with E-state index in [9.17, 15) is 14.0 Å². The highest BCUT2D eigenvalue weighted by atomic mass is 19.1. The molecule has 0 aliphatic heterocycles. The van der Waals surface area contributed by atoms with Crippen LogP contribution in [0.4, 0.5) is 21.5 Å². The number of halogens is 1. The third kappa shape index (κ3) is 5.72. The minimum Gasteiger partial charge on any atom is -0.376 e. The summed E-state index contributed by atoms with van der Waals surface area (Å²) in [6.45, 7) is 2.01. The van der Waals surface area contributed by atoms with E-state index < -0.39 is 0 Å². The number of hydrogen-bond acceptors (Lipinski definition) is 3. The summed E-state index contributed by atoms with van der Waals surface area (Å²) in [6, 6.07) is 12.7. The zero-order valence-corrected chi connectivity index (χ0v) is 13.4. The highest BCUT2D eigenvalue weighted by molar-refractivity contribution is 5.94. The average molecular weight is 329 g/mol. The molecule has 3 N–H and O–H groups in total. The van der Waals surface area contributed by atoms with Crippen LogP contribution in [0.3, 0.4) is 0 Å². The van der Waals surface area contributed by atoms with E-state index in [-0.39, 0.29) is 24.2 Å². The summed E-state index contributed by atoms with van der Waals surface area (Å²) >= 11 is 0. The molecular weight excluding hydrogens is 309 g/mol. The van der Waals surface area contributed by atoms with Crippen LogP contribution in [0.15, 0.2) is 48.5 Å². The zero-order chi connectivity index (χ0) is 17.4. The maximum Gasteiger partial charge on any atom is 0.243 e. The maximum absolute atomic E-state index is 12.8. The molecule has 0 heterocycles. The monoisotopic (exact) mass is 329 g/mol. The van der Waals surface area contributed by atoms with Gasteiger partial charge in [-0.05, 0) is 55.0 Å². The fourth-order valence-electron chi connectivity index (χ4n) is 2.04. The van der Waals surface area contributed by atoms with Crippen molar-refractivity contribution in [3.63, 3.8) is 0 Å². The average Bonchev–Trinajstić information content (AvgIpc) is 2.56. The number of nitrogens with one attached hydrogen (secondary N) is 3. The fourth-order valence-corrected chi connectivity index (χ4v) is 2.04. The van der Waals surface area contributed by atoms with Crippen molar-refractivity contribution in [3.05, 3.63) is 54.3 Å². The molecule has 6 heteroatoms. The highest BCUT2D eigenvalue weighted by Crippen LogP contribution is 2.14. The third-order valence-electron chi connectivity index (χ3n) is 3.23. The quantitative estimate of drug-likeness (QED) is 0.727. The Kier molecular flexibility index (Phi) is 6.31. The van der Waals surface area contributed by atoms with Crippen LogP contribution in [-0.4, -0.2) is 18.4 Å². The molecule has 0 saturated carbocycles. The van der Waals surface area contributed by atoms with Gasteiger partial charge >= 0.3 is 0 Å². The zero-order valence-electron chi connectivity index (χ0n) is 13.4. The lowest BCUT2D eigenvalue weighted by Gasteiger charge is -2.09. The van der Waals surface area contributed by atoms with E-state index in [4.69, 9.17) is 0 Å². The van der Waals surface area contributed by atoms with E-state index in [0.29, 0.717) is 23.5 Å². The molecule has 0 bridgehead atoms. The van der Waals surface area contributed by atoms with E-state index in [1.165, 1.54) is 12.1 Å². The Morgan fingerprint density at radius 2 is 1.33 bits per heavy atom. The van der Waals surface area contributed by atoms with Gasteiger partial charge in [-0.25, -0.2) is 4.39 Å². The van der Waals surface area contributed by atoms with Gasteiger partial charge in [0.05, 0.1) is 6.54 Å². The predicted molar refractivity (Wildman–Crippen MR) is 93.5 cm³/mol. The van der Waals surface area contributed by atoms with Crippen molar-refractivity contribution < 1.29 is 14.0 Å². The maximum atomic E-state index is 12.8. The third-order valence-corrected chi connectivity index (χ3v) is 3.23. The summed E-state index contributed by atoms with van der Waals surface area (Å²) in [5.74, 6) is -0.573. The van der Waals surface area contributed by atoms with Gasteiger partial charge in [-0.1, -0.05) is 6.92 Å². The van der Waals surface area contributed by atoms with Crippen LogP contribution in [0.25, 0.3) is 0 Å². The highest BCUT2D eigenvalue weighted by Gasteiger charge is 2.04. The lowest BCUT2D eigenvalue weighted by Crippen LogP contribution is -2.21. The van der Waals surface area contributed by atoms with E-state index in [1.807, 2.05) is 6.92 Å². The fraction of sp³-hybridized carbons (Fsp3) is 0.222. The number of carbonyl (C=O) groups excluding carboxylic acids is 2. The second kappa shape index (κ2) is 8.67. The van der Waals surface area contributed by atoms with Gasteiger partial charge < -0.3 is 16.0 Å². The molecule has 0 aliphatic carbocycles. The molecule has 0 saturated heterocycles. The largest absolute Gasteiger partial charge is 0.376 e. The van der Waals surface area contributed by atoms with Gasteiger partial charge in [-0.15, -0.1) is 0 Å². The van der Waals surface area contributed by atoms with E-state index in [0.717, 1.165) is 6.42 Å². The molecule has 2 amide bonds. The molecule has 0 radical (unpaired) electrons. The Morgan fingerprint density at radius 3 is 1.88 bits per heavy atom. The molecule has 0 fully saturated rings. The second-order valence-electron chi connectivity index (χ2n) is 5.28. The van der Waals surface area contributed by atoms with Gasteiger partial charge in [-0.2, -0.15) is 0 Å². The van der Waals surface area contributed by atoms with Crippen molar-refractivity contribution in [3.8, 4) is 0 Å². The molecule has 5 nitrogen and oxygen atoms in total. The van der Waals surface area contributed by atoms with E-state index in [2.05, 4.69) is 16.0 Å². The number of carbonyl (C=O) groups is 2. The number of amides is 2. The van der Waals surface area contributed by atoms with Crippen LogP contribution in [0.2, 0.25) is 0 Å². The second-order valence-corrected chi connectivity index (χ2v) is 5.28. The van der Waals surface area contributed by atoms with Crippen molar-refractivity contribution in [2.75, 3.05) is 22.5 Å². The molecule has 2 aromatic rings. The van der Waals surface area contributed by atoms with Crippen LogP contribution in [-0.2, 0) is 9.59 Å². The van der Waals surface area contributed by atoms with Gasteiger partial charge in [0.15, 0.2) is 0 Å². The van der Waals surface area contributed by atoms with Crippen LogP contribution in [0.5, 0.6) is 0 Å². The molecule has 0 aliphatic rings. The Hall–Kier alpha value is -2.89. The Morgan fingerprint density at radius 1 is 0.833 bits per heavy atom. The summed E-state index contributed by atoms with van der Waals surface area (Å²) in [6.07, 6.45) is 1.27. The van der Waals surface area contributed by atoms with Gasteiger partial charge in [0, 0.05) is 23.5 Å². The SMILES string of the molecule is CCCC(=O)Nc1ccc(NC(=O)CNc2ccc(F)cc2)cc1. The van der Waals surface area contributed by atoms with Crippen molar-refractivity contribution in [1.29, 1.82) is 0 Å². The first-order valence-corrected chi connectivity index (χ1v) is 7.76. The van der Waals surface area contributed by atoms with Gasteiger partial charge in [0.2, 0.25) is 11.8 Å². The molecule has 24 heavy (non-hydrogen) atoms. The van der Waals surface area contributed by atoms with Gasteiger partial charge in [0.1, 0.15) is 5.82 Å². The molecular formula is C18H20FN3O2. The number of hydrogen-bond donors (Lipinski definition) is 3. The first kappa shape index (κ1) is 17.5. The molecule has 2 rings (SSSR count). The summed E-state index contributed by atoms with van der Waals surface area (Å²) < 4.78 is 12.8. The molecule has 0 atom stereocenters. The minimum absolute atomic E-state index is 0.0298. The number of rotatable bonds is 7. The van der Waals surface area contributed by atoms with E-state index >= 15 is 0 Å². The first-order valence-electron chi connectivity index (χ1n) is 7.76. The standard InChI is InChI=1S/C18H20FN3O2/c1-2-3-17(23)21-15-8-10-16(11-9-15)22-18(24)12-20-14-6-4-13(19)5-7-14/h4-11,20H,2-3,12H2,1H3,(H,21,23)(H,22,24). The van der Waals surface area contributed by atoms with Crippen molar-refractivity contribution >= 4 is 28.9 Å². The Bertz CT molecular complexity index is 684. The molecule has 0 unspecified atom stereocenters. The molecule has 2 aromatic carbocycles. The van der Waals surface area contributed by atoms with Crippen molar-refractivity contribution in [2.24, 2.45) is 0 Å². The molecule has 0 spiro atoms.